The van der Waals surface area contributed by atoms with E-state index in [0.717, 1.165) is 0 Å². The Morgan fingerprint density at radius 2 is 2.04 bits per heavy atom. The molecule has 1 aromatic carbocycles. The fourth-order valence-corrected chi connectivity index (χ4v) is 3.53. The lowest BCUT2D eigenvalue weighted by Gasteiger charge is -2.35. The van der Waals surface area contributed by atoms with Crippen molar-refractivity contribution in [1.82, 2.24) is 10.2 Å². The van der Waals surface area contributed by atoms with Crippen LogP contribution in [-0.2, 0) is 9.59 Å². The topological polar surface area (TPSA) is 58.6 Å². The predicted octanol–water partition coefficient (Wildman–Crippen LogP) is 3.10. The monoisotopic (exact) mass is 418 g/mol. The van der Waals surface area contributed by atoms with Crippen molar-refractivity contribution < 1.29 is 27.5 Å². The molecule has 0 saturated carbocycles. The molecule has 1 N–H and O–H groups in total. The number of hydrogen-bond donors (Lipinski definition) is 1. The number of hydrogen-bond acceptors (Lipinski definition) is 4. The SMILES string of the molecule is CSCC[C@@H](NC(=O)COc1ccccc1)C(=O)N1CCC[C@@H](C(F)(F)F)C1. The average molecular weight is 418 g/mol. The highest BCUT2D eigenvalue weighted by Gasteiger charge is 2.43. The molecule has 28 heavy (non-hydrogen) atoms. The number of amides is 2. The Bertz CT molecular complexity index is 643. The molecule has 1 aromatic rings. The smallest absolute Gasteiger partial charge is 0.393 e. The number of nitrogens with one attached hydrogen (secondary N) is 1. The second-order valence-electron chi connectivity index (χ2n) is 6.67. The predicted molar refractivity (Wildman–Crippen MR) is 102 cm³/mol. The second-order valence-corrected chi connectivity index (χ2v) is 7.65. The maximum atomic E-state index is 13.0. The largest absolute Gasteiger partial charge is 0.484 e. The zero-order chi connectivity index (χ0) is 20.6. The maximum absolute atomic E-state index is 13.0. The first-order valence-electron chi connectivity index (χ1n) is 9.13. The summed E-state index contributed by atoms with van der Waals surface area (Å²) in [5.74, 6) is -1.33. The normalized spacial score (nSPS) is 18.4. The third kappa shape index (κ3) is 6.92. The van der Waals surface area contributed by atoms with Crippen molar-refractivity contribution in [1.29, 1.82) is 0 Å². The minimum atomic E-state index is -4.32. The van der Waals surface area contributed by atoms with E-state index in [9.17, 15) is 22.8 Å². The van der Waals surface area contributed by atoms with E-state index in [2.05, 4.69) is 5.32 Å². The number of para-hydroxylation sites is 1. The molecule has 1 saturated heterocycles. The minimum Gasteiger partial charge on any atom is -0.484 e. The molecule has 2 atom stereocenters. The zero-order valence-electron chi connectivity index (χ0n) is 15.7. The van der Waals surface area contributed by atoms with Crippen LogP contribution in [0.4, 0.5) is 13.2 Å². The number of rotatable bonds is 8. The molecular weight excluding hydrogens is 393 g/mol. The van der Waals surface area contributed by atoms with E-state index in [4.69, 9.17) is 4.74 Å². The van der Waals surface area contributed by atoms with Crippen molar-refractivity contribution in [3.8, 4) is 5.75 Å². The third-order valence-corrected chi connectivity index (χ3v) is 5.20. The summed E-state index contributed by atoms with van der Waals surface area (Å²) in [6, 6.07) is 7.91. The molecule has 1 fully saturated rings. The summed E-state index contributed by atoms with van der Waals surface area (Å²) < 4.78 is 44.4. The second kappa shape index (κ2) is 10.6. The molecule has 0 radical (unpaired) electrons. The van der Waals surface area contributed by atoms with Crippen LogP contribution in [0.3, 0.4) is 0 Å². The lowest BCUT2D eigenvalue weighted by atomic mass is 9.96. The highest BCUT2D eigenvalue weighted by atomic mass is 32.2. The van der Waals surface area contributed by atoms with E-state index in [0.29, 0.717) is 24.3 Å². The first-order valence-corrected chi connectivity index (χ1v) is 10.5. The van der Waals surface area contributed by atoms with Gasteiger partial charge in [0.15, 0.2) is 6.61 Å². The molecule has 9 heteroatoms. The summed E-state index contributed by atoms with van der Waals surface area (Å²) in [4.78, 5) is 26.2. The summed E-state index contributed by atoms with van der Waals surface area (Å²) in [7, 11) is 0. The fourth-order valence-electron chi connectivity index (χ4n) is 3.06. The van der Waals surface area contributed by atoms with Crippen LogP contribution in [0.2, 0.25) is 0 Å². The molecule has 2 amide bonds. The van der Waals surface area contributed by atoms with E-state index in [1.165, 1.54) is 16.7 Å². The molecule has 1 aliphatic heterocycles. The number of ether oxygens (including phenoxy) is 1. The lowest BCUT2D eigenvalue weighted by molar-refractivity contribution is -0.188. The van der Waals surface area contributed by atoms with Gasteiger partial charge >= 0.3 is 6.18 Å². The number of carbonyl (C=O) groups excluding carboxylic acids is 2. The first-order chi connectivity index (χ1) is 13.3. The molecule has 0 aliphatic carbocycles. The molecule has 156 valence electrons. The number of halogens is 3. The fraction of sp³-hybridized carbons (Fsp3) is 0.579. The highest BCUT2D eigenvalue weighted by molar-refractivity contribution is 7.98. The van der Waals surface area contributed by atoms with Gasteiger partial charge < -0.3 is 15.0 Å². The number of piperidine rings is 1. The average Bonchev–Trinajstić information content (AvgIpc) is 2.69. The van der Waals surface area contributed by atoms with Crippen LogP contribution >= 0.6 is 11.8 Å². The van der Waals surface area contributed by atoms with Crippen LogP contribution in [0.5, 0.6) is 5.75 Å². The van der Waals surface area contributed by atoms with Gasteiger partial charge in [0.2, 0.25) is 5.91 Å². The van der Waals surface area contributed by atoms with Crippen molar-refractivity contribution in [2.75, 3.05) is 31.7 Å². The van der Waals surface area contributed by atoms with E-state index in [1.807, 2.05) is 12.3 Å². The number of nitrogens with zero attached hydrogens (tertiary/aromatic N) is 1. The van der Waals surface area contributed by atoms with E-state index < -0.39 is 30.0 Å². The van der Waals surface area contributed by atoms with Crippen LogP contribution in [0.25, 0.3) is 0 Å². The van der Waals surface area contributed by atoms with Gasteiger partial charge in [-0.3, -0.25) is 9.59 Å². The van der Waals surface area contributed by atoms with Gasteiger partial charge in [0.05, 0.1) is 5.92 Å². The summed E-state index contributed by atoms with van der Waals surface area (Å²) in [5.41, 5.74) is 0. The zero-order valence-corrected chi connectivity index (χ0v) is 16.5. The van der Waals surface area contributed by atoms with Gasteiger partial charge in [-0.2, -0.15) is 24.9 Å². The first kappa shape index (κ1) is 22.4. The molecule has 1 heterocycles. The van der Waals surface area contributed by atoms with Crippen LogP contribution in [0.1, 0.15) is 19.3 Å². The standard InChI is InChI=1S/C19H25F3N2O3S/c1-28-11-9-16(23-17(25)13-27-15-7-3-2-4-8-15)18(26)24-10-5-6-14(12-24)19(20,21)22/h2-4,7-8,14,16H,5-6,9-13H2,1H3,(H,23,25)/t14-,16-/m1/s1. The molecule has 2 rings (SSSR count). The highest BCUT2D eigenvalue weighted by Crippen LogP contribution is 2.33. The van der Waals surface area contributed by atoms with E-state index in [-0.39, 0.29) is 26.1 Å². The van der Waals surface area contributed by atoms with Gasteiger partial charge in [0.25, 0.3) is 5.91 Å². The Morgan fingerprint density at radius 3 is 2.68 bits per heavy atom. The third-order valence-electron chi connectivity index (χ3n) is 4.55. The molecule has 1 aliphatic rings. The molecular formula is C19H25F3N2O3S. The van der Waals surface area contributed by atoms with Gasteiger partial charge in [-0.25, -0.2) is 0 Å². The Labute approximate surface area is 167 Å². The van der Waals surface area contributed by atoms with Crippen LogP contribution in [-0.4, -0.2) is 60.6 Å². The van der Waals surface area contributed by atoms with E-state index >= 15 is 0 Å². The van der Waals surface area contributed by atoms with Crippen molar-refractivity contribution >= 4 is 23.6 Å². The quantitative estimate of drug-likeness (QED) is 0.705. The van der Waals surface area contributed by atoms with Crippen molar-refractivity contribution in [3.63, 3.8) is 0 Å². The van der Waals surface area contributed by atoms with Gasteiger partial charge in [0.1, 0.15) is 11.8 Å². The summed E-state index contributed by atoms with van der Waals surface area (Å²) in [6.07, 6.45) is -1.77. The van der Waals surface area contributed by atoms with Gasteiger partial charge in [0, 0.05) is 13.1 Å². The Kier molecular flexibility index (Phi) is 8.47. The summed E-state index contributed by atoms with van der Waals surface area (Å²) in [6.45, 7) is -0.343. The molecule has 0 unspecified atom stereocenters. The van der Waals surface area contributed by atoms with Crippen LogP contribution in [0.15, 0.2) is 30.3 Å². The van der Waals surface area contributed by atoms with Gasteiger partial charge in [-0.15, -0.1) is 0 Å². The minimum absolute atomic E-state index is 0.0278. The molecule has 5 nitrogen and oxygen atoms in total. The molecule has 0 spiro atoms. The van der Waals surface area contributed by atoms with Crippen molar-refractivity contribution in [3.05, 3.63) is 30.3 Å². The summed E-state index contributed by atoms with van der Waals surface area (Å²) >= 11 is 1.50. The van der Waals surface area contributed by atoms with E-state index in [1.54, 1.807) is 24.3 Å². The summed E-state index contributed by atoms with van der Waals surface area (Å²) in [5, 5.41) is 2.62. The number of likely N-dealkylation sites (tertiary alicyclic amines) is 1. The number of benzene rings is 1. The number of carbonyl (C=O) groups is 2. The van der Waals surface area contributed by atoms with Crippen LogP contribution in [0, 0.1) is 5.92 Å². The number of alkyl halides is 3. The van der Waals surface area contributed by atoms with Gasteiger partial charge in [-0.1, -0.05) is 18.2 Å². The molecule has 0 aromatic heterocycles. The Morgan fingerprint density at radius 1 is 1.32 bits per heavy atom. The van der Waals surface area contributed by atoms with Crippen molar-refractivity contribution in [2.24, 2.45) is 5.92 Å². The lowest BCUT2D eigenvalue weighted by Crippen LogP contribution is -2.53. The van der Waals surface area contributed by atoms with Crippen LogP contribution < -0.4 is 10.1 Å². The Hall–Kier alpha value is -1.90. The van der Waals surface area contributed by atoms with Crippen molar-refractivity contribution in [2.45, 2.75) is 31.5 Å². The Balaban J connectivity index is 1.95. The maximum Gasteiger partial charge on any atom is 0.393 e. The van der Waals surface area contributed by atoms with Gasteiger partial charge in [-0.05, 0) is 43.4 Å². The number of thioether (sulfide) groups is 1. The molecule has 0 bridgehead atoms.